The second-order valence-electron chi connectivity index (χ2n) is 5.14. The van der Waals surface area contributed by atoms with Crippen LogP contribution < -0.4 is 10.2 Å². The van der Waals surface area contributed by atoms with E-state index in [0.717, 1.165) is 0 Å². The van der Waals surface area contributed by atoms with Gasteiger partial charge in [0.25, 0.3) is 0 Å². The maximum Gasteiger partial charge on any atom is 0.490 e. The number of hydrogen-bond donors (Lipinski definition) is 3. The summed E-state index contributed by atoms with van der Waals surface area (Å²) in [6.07, 6.45) is -1.48. The molecule has 0 saturated heterocycles. The van der Waals surface area contributed by atoms with E-state index in [1.54, 1.807) is 13.0 Å². The molecule has 0 aliphatic heterocycles. The number of anilines is 2. The predicted octanol–water partition coefficient (Wildman–Crippen LogP) is 1.70. The predicted molar refractivity (Wildman–Crippen MR) is 86.4 cm³/mol. The molecule has 0 bridgehead atoms. The van der Waals surface area contributed by atoms with E-state index in [-0.39, 0.29) is 12.1 Å². The molecule has 3 N–H and O–H groups in total. The molecular formula is C14H22F3N5O3. The molecule has 0 saturated carbocycles. The standard InChI is InChI=1S/C12H21N5O.C2HF3O2/c1-5-9(2)15-11-13-8-14-12(16-11)17(4)7-6-10(3)18;3-2(4,5)1(6)7/h5,8-10,18H,1,6-7H2,2-4H3,(H,13,14,15,16);(H,6,7)/t9?,10-;/m0./s1. The van der Waals surface area contributed by atoms with Gasteiger partial charge in [-0.2, -0.15) is 18.2 Å². The van der Waals surface area contributed by atoms with Gasteiger partial charge >= 0.3 is 12.1 Å². The number of aromatic nitrogens is 3. The highest BCUT2D eigenvalue weighted by Crippen LogP contribution is 2.13. The molecule has 1 rings (SSSR count). The van der Waals surface area contributed by atoms with Gasteiger partial charge in [0.15, 0.2) is 0 Å². The van der Waals surface area contributed by atoms with E-state index in [1.807, 2.05) is 18.9 Å². The van der Waals surface area contributed by atoms with E-state index in [2.05, 4.69) is 26.8 Å². The van der Waals surface area contributed by atoms with E-state index in [0.29, 0.717) is 24.9 Å². The maximum atomic E-state index is 10.6. The van der Waals surface area contributed by atoms with Crippen LogP contribution in [0.5, 0.6) is 0 Å². The molecule has 2 atom stereocenters. The van der Waals surface area contributed by atoms with Crippen LogP contribution in [0.3, 0.4) is 0 Å². The molecule has 142 valence electrons. The van der Waals surface area contributed by atoms with Crippen molar-refractivity contribution in [3.8, 4) is 0 Å². The highest BCUT2D eigenvalue weighted by Gasteiger charge is 2.38. The lowest BCUT2D eigenvalue weighted by molar-refractivity contribution is -0.192. The number of carboxylic acid groups (broad SMARTS) is 1. The lowest BCUT2D eigenvalue weighted by Crippen LogP contribution is -2.24. The van der Waals surface area contributed by atoms with Crippen LogP contribution in [-0.2, 0) is 4.79 Å². The van der Waals surface area contributed by atoms with Crippen molar-refractivity contribution in [2.45, 2.75) is 38.6 Å². The number of carbonyl (C=O) groups is 1. The number of aliphatic hydroxyl groups is 1. The Morgan fingerprint density at radius 1 is 1.44 bits per heavy atom. The molecule has 0 aliphatic rings. The van der Waals surface area contributed by atoms with Gasteiger partial charge in [0.2, 0.25) is 11.9 Å². The number of aliphatic carboxylic acids is 1. The van der Waals surface area contributed by atoms with Crippen molar-refractivity contribution in [3.05, 3.63) is 19.0 Å². The molecule has 1 unspecified atom stereocenters. The minimum Gasteiger partial charge on any atom is -0.475 e. The first-order chi connectivity index (χ1) is 11.5. The summed E-state index contributed by atoms with van der Waals surface area (Å²) in [5.41, 5.74) is 0. The molecule has 1 aromatic rings. The first-order valence-electron chi connectivity index (χ1n) is 7.24. The van der Waals surface area contributed by atoms with Crippen molar-refractivity contribution in [1.82, 2.24) is 15.0 Å². The van der Waals surface area contributed by atoms with Crippen molar-refractivity contribution >= 4 is 17.9 Å². The van der Waals surface area contributed by atoms with Gasteiger partial charge in [-0.15, -0.1) is 6.58 Å². The van der Waals surface area contributed by atoms with Gasteiger partial charge in [0.1, 0.15) is 6.33 Å². The molecule has 0 fully saturated rings. The lowest BCUT2D eigenvalue weighted by atomic mass is 10.3. The lowest BCUT2D eigenvalue weighted by Gasteiger charge is -2.18. The third-order valence-corrected chi connectivity index (χ3v) is 2.74. The quantitative estimate of drug-likeness (QED) is 0.626. The summed E-state index contributed by atoms with van der Waals surface area (Å²) in [7, 11) is 1.89. The van der Waals surface area contributed by atoms with E-state index >= 15 is 0 Å². The summed E-state index contributed by atoms with van der Waals surface area (Å²) in [6.45, 7) is 8.11. The first kappa shape index (κ1) is 22.6. The van der Waals surface area contributed by atoms with Crippen molar-refractivity contribution in [3.63, 3.8) is 0 Å². The average molecular weight is 365 g/mol. The summed E-state index contributed by atoms with van der Waals surface area (Å²) in [4.78, 5) is 23.2. The van der Waals surface area contributed by atoms with Gasteiger partial charge in [0, 0.05) is 19.6 Å². The van der Waals surface area contributed by atoms with E-state index in [4.69, 9.17) is 9.90 Å². The molecule has 11 heteroatoms. The summed E-state index contributed by atoms with van der Waals surface area (Å²) < 4.78 is 31.7. The smallest absolute Gasteiger partial charge is 0.475 e. The zero-order valence-electron chi connectivity index (χ0n) is 14.2. The molecule has 1 heterocycles. The molecule has 0 amide bonds. The number of nitrogens with one attached hydrogen (secondary N) is 1. The number of alkyl halides is 3. The van der Waals surface area contributed by atoms with Crippen LogP contribution in [0.2, 0.25) is 0 Å². The highest BCUT2D eigenvalue weighted by molar-refractivity contribution is 5.73. The zero-order chi connectivity index (χ0) is 19.6. The molecule has 1 aromatic heterocycles. The number of rotatable bonds is 7. The van der Waals surface area contributed by atoms with Crippen LogP contribution in [-0.4, -0.2) is 63.0 Å². The van der Waals surface area contributed by atoms with Gasteiger partial charge in [0.05, 0.1) is 6.10 Å². The largest absolute Gasteiger partial charge is 0.490 e. The molecule has 25 heavy (non-hydrogen) atoms. The van der Waals surface area contributed by atoms with Crippen molar-refractivity contribution in [2.24, 2.45) is 0 Å². The Labute approximate surface area is 143 Å². The van der Waals surface area contributed by atoms with Gasteiger partial charge in [-0.1, -0.05) is 6.08 Å². The summed E-state index contributed by atoms with van der Waals surface area (Å²) in [5, 5.41) is 19.5. The number of halogens is 3. The van der Waals surface area contributed by atoms with Crippen molar-refractivity contribution < 1.29 is 28.2 Å². The van der Waals surface area contributed by atoms with Crippen LogP contribution >= 0.6 is 0 Å². The van der Waals surface area contributed by atoms with Crippen LogP contribution in [0.4, 0.5) is 25.1 Å². The van der Waals surface area contributed by atoms with Gasteiger partial charge in [-0.05, 0) is 20.3 Å². The van der Waals surface area contributed by atoms with Crippen molar-refractivity contribution in [2.75, 3.05) is 23.8 Å². The van der Waals surface area contributed by atoms with Gasteiger partial charge in [-0.25, -0.2) is 14.8 Å². The van der Waals surface area contributed by atoms with E-state index in [9.17, 15) is 18.3 Å². The first-order valence-corrected chi connectivity index (χ1v) is 7.24. The summed E-state index contributed by atoms with van der Waals surface area (Å²) in [6, 6.07) is 0.100. The zero-order valence-corrected chi connectivity index (χ0v) is 14.2. The minimum atomic E-state index is -5.08. The molecule has 0 spiro atoms. The average Bonchev–Trinajstić information content (AvgIpc) is 2.52. The maximum absolute atomic E-state index is 10.6. The second-order valence-corrected chi connectivity index (χ2v) is 5.14. The Hall–Kier alpha value is -2.43. The summed E-state index contributed by atoms with van der Waals surface area (Å²) >= 11 is 0. The van der Waals surface area contributed by atoms with Gasteiger partial charge < -0.3 is 20.4 Å². The second kappa shape index (κ2) is 10.4. The van der Waals surface area contributed by atoms with Crippen LogP contribution in [0.15, 0.2) is 19.0 Å². The minimum absolute atomic E-state index is 0.100. The Morgan fingerprint density at radius 3 is 2.44 bits per heavy atom. The summed E-state index contributed by atoms with van der Waals surface area (Å²) in [5.74, 6) is -1.65. The Morgan fingerprint density at radius 2 is 2.00 bits per heavy atom. The van der Waals surface area contributed by atoms with Crippen LogP contribution in [0, 0.1) is 0 Å². The van der Waals surface area contributed by atoms with Gasteiger partial charge in [-0.3, -0.25) is 0 Å². The Balaban J connectivity index is 0.000000697. The SMILES string of the molecule is C=CC(C)Nc1ncnc(N(C)CC[C@H](C)O)n1.O=C(O)C(F)(F)F. The highest BCUT2D eigenvalue weighted by atomic mass is 19.4. The normalized spacial score (nSPS) is 13.1. The Bertz CT molecular complexity index is 555. The molecule has 8 nitrogen and oxygen atoms in total. The fourth-order valence-electron chi connectivity index (χ4n) is 1.28. The molecule has 0 aromatic carbocycles. The van der Waals surface area contributed by atoms with E-state index in [1.165, 1.54) is 6.33 Å². The fraction of sp³-hybridized carbons (Fsp3) is 0.571. The van der Waals surface area contributed by atoms with Crippen LogP contribution in [0.1, 0.15) is 20.3 Å². The monoisotopic (exact) mass is 365 g/mol. The number of aliphatic hydroxyl groups excluding tert-OH is 1. The van der Waals surface area contributed by atoms with Crippen molar-refractivity contribution in [1.29, 1.82) is 0 Å². The molecule has 0 aliphatic carbocycles. The third kappa shape index (κ3) is 10.1. The molecular weight excluding hydrogens is 343 g/mol. The molecule has 0 radical (unpaired) electrons. The van der Waals surface area contributed by atoms with Crippen LogP contribution in [0.25, 0.3) is 0 Å². The number of carboxylic acids is 1. The van der Waals surface area contributed by atoms with E-state index < -0.39 is 12.1 Å². The number of nitrogens with zero attached hydrogens (tertiary/aromatic N) is 4. The number of hydrogen-bond acceptors (Lipinski definition) is 7. The Kier molecular flexibility index (Phi) is 9.42. The fourth-order valence-corrected chi connectivity index (χ4v) is 1.28. The topological polar surface area (TPSA) is 111 Å². The third-order valence-electron chi connectivity index (χ3n) is 2.74.